The zero-order valence-corrected chi connectivity index (χ0v) is 18.5. The van der Waals surface area contributed by atoms with Gasteiger partial charge in [-0.3, -0.25) is 4.79 Å². The molecule has 4 heteroatoms. The molecule has 1 aliphatic heterocycles. The van der Waals surface area contributed by atoms with Crippen molar-refractivity contribution in [1.82, 2.24) is 5.32 Å². The summed E-state index contributed by atoms with van der Waals surface area (Å²) < 4.78 is 6.12. The fourth-order valence-corrected chi connectivity index (χ4v) is 4.66. The predicted octanol–water partition coefficient (Wildman–Crippen LogP) is 6.32. The van der Waals surface area contributed by atoms with E-state index in [9.17, 15) is 4.79 Å². The number of fused-ring (bicyclic) bond motifs is 1. The lowest BCUT2D eigenvalue weighted by Gasteiger charge is -2.38. The van der Waals surface area contributed by atoms with Crippen molar-refractivity contribution >= 4 is 17.7 Å². The Morgan fingerprint density at radius 2 is 1.80 bits per heavy atom. The Kier molecular flexibility index (Phi) is 5.87. The summed E-state index contributed by atoms with van der Waals surface area (Å²) in [5.74, 6) is 1.69. The van der Waals surface area contributed by atoms with Crippen LogP contribution in [0.3, 0.4) is 0 Å². The first-order chi connectivity index (χ1) is 14.4. The van der Waals surface area contributed by atoms with Crippen molar-refractivity contribution in [3.05, 3.63) is 95.1 Å². The van der Waals surface area contributed by atoms with Crippen molar-refractivity contribution in [2.45, 2.75) is 49.5 Å². The van der Waals surface area contributed by atoms with Crippen LogP contribution in [0.4, 0.5) is 0 Å². The van der Waals surface area contributed by atoms with Crippen LogP contribution in [-0.4, -0.2) is 11.5 Å². The number of nitrogens with one attached hydrogen (secondary N) is 1. The van der Waals surface area contributed by atoms with Gasteiger partial charge in [0.1, 0.15) is 11.4 Å². The highest BCUT2D eigenvalue weighted by molar-refractivity contribution is 7.98. The number of ether oxygens (including phenoxy) is 1. The normalized spacial score (nSPS) is 17.0. The van der Waals surface area contributed by atoms with E-state index in [-0.39, 0.29) is 17.6 Å². The van der Waals surface area contributed by atoms with E-state index in [2.05, 4.69) is 44.3 Å². The minimum atomic E-state index is -0.321. The molecule has 0 fully saturated rings. The van der Waals surface area contributed by atoms with Crippen molar-refractivity contribution in [3.8, 4) is 5.75 Å². The summed E-state index contributed by atoms with van der Waals surface area (Å²) in [7, 11) is 0. The van der Waals surface area contributed by atoms with Gasteiger partial charge in [0, 0.05) is 28.2 Å². The monoisotopic (exact) mass is 417 g/mol. The fourth-order valence-electron chi connectivity index (χ4n) is 3.78. The second-order valence-electron chi connectivity index (χ2n) is 8.43. The third-order valence-corrected chi connectivity index (χ3v) is 6.38. The molecule has 3 aromatic rings. The standard InChI is InChI=1S/C26H27NO2S/c1-18-9-14-24-22(15-18)23(16-26(2,3)29-24)27-25(28)20-12-10-19(11-13-20)17-30-21-7-5-4-6-8-21/h4-15,23H,16-17H2,1-3H3,(H,27,28)/t23-/m0/s1. The summed E-state index contributed by atoms with van der Waals surface area (Å²) in [6.07, 6.45) is 0.737. The number of benzene rings is 3. The average Bonchev–Trinajstić information content (AvgIpc) is 2.73. The molecule has 0 radical (unpaired) electrons. The molecule has 0 spiro atoms. The molecular weight excluding hydrogens is 390 g/mol. The molecule has 1 aliphatic rings. The Hall–Kier alpha value is -2.72. The number of rotatable bonds is 5. The Morgan fingerprint density at radius 1 is 1.07 bits per heavy atom. The Bertz CT molecular complexity index is 1030. The first-order valence-corrected chi connectivity index (χ1v) is 11.3. The van der Waals surface area contributed by atoms with Crippen LogP contribution in [0.25, 0.3) is 0 Å². The fraction of sp³-hybridized carbons (Fsp3) is 0.269. The molecule has 1 atom stereocenters. The third-order valence-electron chi connectivity index (χ3n) is 5.29. The summed E-state index contributed by atoms with van der Waals surface area (Å²) in [5, 5.41) is 3.23. The van der Waals surface area contributed by atoms with Gasteiger partial charge in [-0.2, -0.15) is 0 Å². The summed E-state index contributed by atoms with van der Waals surface area (Å²) in [6.45, 7) is 6.19. The topological polar surface area (TPSA) is 38.3 Å². The van der Waals surface area contributed by atoms with Crippen LogP contribution in [0, 0.1) is 6.92 Å². The molecule has 0 saturated carbocycles. The van der Waals surface area contributed by atoms with Gasteiger partial charge in [-0.25, -0.2) is 0 Å². The molecule has 0 aliphatic carbocycles. The maximum Gasteiger partial charge on any atom is 0.251 e. The van der Waals surface area contributed by atoms with Crippen LogP contribution in [0.5, 0.6) is 5.75 Å². The van der Waals surface area contributed by atoms with E-state index in [0.717, 1.165) is 29.1 Å². The molecule has 30 heavy (non-hydrogen) atoms. The first kappa shape index (κ1) is 20.5. The zero-order valence-electron chi connectivity index (χ0n) is 17.6. The molecule has 0 saturated heterocycles. The van der Waals surface area contributed by atoms with E-state index in [1.165, 1.54) is 10.5 Å². The van der Waals surface area contributed by atoms with Gasteiger partial charge in [-0.1, -0.05) is 48.0 Å². The van der Waals surface area contributed by atoms with Crippen LogP contribution in [0.2, 0.25) is 0 Å². The highest BCUT2D eigenvalue weighted by atomic mass is 32.2. The molecule has 0 bridgehead atoms. The van der Waals surface area contributed by atoms with Crippen molar-refractivity contribution in [3.63, 3.8) is 0 Å². The number of carbonyl (C=O) groups excluding carboxylic acids is 1. The Balaban J connectivity index is 1.44. The number of amides is 1. The van der Waals surface area contributed by atoms with E-state index in [0.29, 0.717) is 5.56 Å². The zero-order chi connectivity index (χ0) is 21.1. The molecule has 0 unspecified atom stereocenters. The van der Waals surface area contributed by atoms with E-state index >= 15 is 0 Å². The number of carbonyl (C=O) groups is 1. The van der Waals surface area contributed by atoms with Crippen molar-refractivity contribution in [2.24, 2.45) is 0 Å². The lowest BCUT2D eigenvalue weighted by Crippen LogP contribution is -2.41. The Morgan fingerprint density at radius 3 is 2.53 bits per heavy atom. The van der Waals surface area contributed by atoms with Crippen molar-refractivity contribution in [2.75, 3.05) is 0 Å². The van der Waals surface area contributed by atoms with Crippen molar-refractivity contribution < 1.29 is 9.53 Å². The Labute approximate surface area is 182 Å². The SMILES string of the molecule is Cc1ccc2c(c1)[C@@H](NC(=O)c1ccc(CSc3ccccc3)cc1)CC(C)(C)O2. The van der Waals surface area contributed by atoms with Crippen LogP contribution >= 0.6 is 11.8 Å². The van der Waals surface area contributed by atoms with Crippen molar-refractivity contribution in [1.29, 1.82) is 0 Å². The van der Waals surface area contributed by atoms with Crippen LogP contribution in [0.15, 0.2) is 77.7 Å². The molecule has 0 aromatic heterocycles. The lowest BCUT2D eigenvalue weighted by molar-refractivity contribution is 0.0619. The maximum absolute atomic E-state index is 13.0. The summed E-state index contributed by atoms with van der Waals surface area (Å²) in [6, 6.07) is 24.3. The van der Waals surface area contributed by atoms with Crippen LogP contribution in [0.1, 0.15) is 53.4 Å². The van der Waals surface area contributed by atoms with E-state index in [1.54, 1.807) is 11.8 Å². The van der Waals surface area contributed by atoms with Gasteiger partial charge in [0.05, 0.1) is 6.04 Å². The van der Waals surface area contributed by atoms with Gasteiger partial charge in [-0.05, 0) is 56.7 Å². The van der Waals surface area contributed by atoms with Gasteiger partial charge in [0.2, 0.25) is 0 Å². The van der Waals surface area contributed by atoms with Gasteiger partial charge < -0.3 is 10.1 Å². The number of hydrogen-bond donors (Lipinski definition) is 1. The van der Waals surface area contributed by atoms with E-state index in [1.807, 2.05) is 54.6 Å². The van der Waals surface area contributed by atoms with E-state index in [4.69, 9.17) is 4.74 Å². The highest BCUT2D eigenvalue weighted by Gasteiger charge is 2.34. The maximum atomic E-state index is 13.0. The molecule has 4 rings (SSSR count). The predicted molar refractivity (Wildman–Crippen MR) is 123 cm³/mol. The van der Waals surface area contributed by atoms with E-state index < -0.39 is 0 Å². The van der Waals surface area contributed by atoms with Gasteiger partial charge in [-0.15, -0.1) is 11.8 Å². The summed E-state index contributed by atoms with van der Waals surface area (Å²) in [4.78, 5) is 14.2. The summed E-state index contributed by atoms with van der Waals surface area (Å²) in [5.41, 5.74) is 3.78. The molecule has 1 N–H and O–H groups in total. The lowest BCUT2D eigenvalue weighted by atomic mass is 9.88. The van der Waals surface area contributed by atoms with Crippen LogP contribution < -0.4 is 10.1 Å². The smallest absolute Gasteiger partial charge is 0.251 e. The molecule has 1 amide bonds. The molecule has 1 heterocycles. The molecular formula is C26H27NO2S. The van der Waals surface area contributed by atoms with Gasteiger partial charge >= 0.3 is 0 Å². The van der Waals surface area contributed by atoms with Crippen LogP contribution in [-0.2, 0) is 5.75 Å². The minimum Gasteiger partial charge on any atom is -0.487 e. The third kappa shape index (κ3) is 4.88. The average molecular weight is 418 g/mol. The second-order valence-corrected chi connectivity index (χ2v) is 9.48. The molecule has 3 aromatic carbocycles. The largest absolute Gasteiger partial charge is 0.487 e. The minimum absolute atomic E-state index is 0.0487. The molecule has 3 nitrogen and oxygen atoms in total. The van der Waals surface area contributed by atoms with Gasteiger partial charge in [0.25, 0.3) is 5.91 Å². The quantitative estimate of drug-likeness (QED) is 0.494. The number of hydrogen-bond acceptors (Lipinski definition) is 3. The van der Waals surface area contributed by atoms with Gasteiger partial charge in [0.15, 0.2) is 0 Å². The summed E-state index contributed by atoms with van der Waals surface area (Å²) >= 11 is 1.80. The number of aryl methyl sites for hydroxylation is 1. The highest BCUT2D eigenvalue weighted by Crippen LogP contribution is 2.40. The first-order valence-electron chi connectivity index (χ1n) is 10.3. The number of thioether (sulfide) groups is 1. The molecule has 154 valence electrons. The second kappa shape index (κ2) is 8.57.